The third-order valence-corrected chi connectivity index (χ3v) is 6.49. The van der Waals surface area contributed by atoms with E-state index in [1.54, 1.807) is 12.1 Å². The Labute approximate surface area is 233 Å². The number of esters is 1. The Bertz CT molecular complexity index is 1380. The Morgan fingerprint density at radius 2 is 1.68 bits per heavy atom. The van der Waals surface area contributed by atoms with Crippen LogP contribution in [0.3, 0.4) is 0 Å². The van der Waals surface area contributed by atoms with Crippen LogP contribution in [0.25, 0.3) is 0 Å². The number of phenols is 3. The van der Waals surface area contributed by atoms with Gasteiger partial charge in [0.2, 0.25) is 5.75 Å². The molecule has 2 heterocycles. The highest BCUT2D eigenvalue weighted by atomic mass is 16.6. The lowest BCUT2D eigenvalue weighted by atomic mass is 9.98. The third kappa shape index (κ3) is 6.65. The van der Waals surface area contributed by atoms with Crippen molar-refractivity contribution in [3.8, 4) is 17.2 Å². The minimum atomic E-state index is -1.58. The SMILES string of the molecule is C=CCc1cc(COCc2cnnn2C2OC(CO)C(O)C(O)C2O)cc(COC(=O)c2ccc(O)c(O)c2O)c1. The molecule has 1 aliphatic rings. The second kappa shape index (κ2) is 13.1. The zero-order valence-corrected chi connectivity index (χ0v) is 21.8. The summed E-state index contributed by atoms with van der Waals surface area (Å²) in [5.41, 5.74) is 2.29. The van der Waals surface area contributed by atoms with E-state index in [1.807, 2.05) is 12.1 Å². The van der Waals surface area contributed by atoms with Gasteiger partial charge in [-0.2, -0.15) is 0 Å². The first-order valence-corrected chi connectivity index (χ1v) is 12.6. The van der Waals surface area contributed by atoms with Gasteiger partial charge in [0, 0.05) is 0 Å². The summed E-state index contributed by atoms with van der Waals surface area (Å²) in [7, 11) is 0. The number of benzene rings is 2. The summed E-state index contributed by atoms with van der Waals surface area (Å²) in [5, 5.41) is 76.8. The zero-order valence-electron chi connectivity index (χ0n) is 21.8. The Hall–Kier alpha value is -4.05. The van der Waals surface area contributed by atoms with Crippen LogP contribution in [-0.4, -0.2) is 87.7 Å². The van der Waals surface area contributed by atoms with E-state index in [2.05, 4.69) is 16.9 Å². The van der Waals surface area contributed by atoms with E-state index in [1.165, 1.54) is 10.9 Å². The van der Waals surface area contributed by atoms with Gasteiger partial charge in [0.05, 0.1) is 31.7 Å². The van der Waals surface area contributed by atoms with Crippen LogP contribution in [0.1, 0.15) is 39.0 Å². The minimum Gasteiger partial charge on any atom is -0.504 e. The largest absolute Gasteiger partial charge is 0.504 e. The summed E-state index contributed by atoms with van der Waals surface area (Å²) in [6, 6.07) is 7.63. The Morgan fingerprint density at radius 3 is 2.39 bits per heavy atom. The lowest BCUT2D eigenvalue weighted by Gasteiger charge is -2.40. The minimum absolute atomic E-state index is 0.0261. The average molecular weight is 574 g/mol. The van der Waals surface area contributed by atoms with E-state index in [9.17, 15) is 40.5 Å². The van der Waals surface area contributed by atoms with Crippen molar-refractivity contribution in [1.82, 2.24) is 15.0 Å². The molecule has 5 atom stereocenters. The van der Waals surface area contributed by atoms with Crippen LogP contribution in [0.5, 0.6) is 17.2 Å². The van der Waals surface area contributed by atoms with E-state index in [-0.39, 0.29) is 25.4 Å². The molecule has 41 heavy (non-hydrogen) atoms. The molecule has 0 amide bonds. The molecule has 1 saturated heterocycles. The number of nitrogens with zero attached hydrogens (tertiary/aromatic N) is 3. The van der Waals surface area contributed by atoms with Crippen molar-refractivity contribution in [1.29, 1.82) is 0 Å². The van der Waals surface area contributed by atoms with Crippen molar-refractivity contribution < 1.29 is 54.8 Å². The smallest absolute Gasteiger partial charge is 0.342 e. The maximum Gasteiger partial charge on any atom is 0.342 e. The number of aliphatic hydroxyl groups excluding tert-OH is 4. The van der Waals surface area contributed by atoms with Crippen LogP contribution >= 0.6 is 0 Å². The number of hydrogen-bond acceptors (Lipinski definition) is 13. The molecule has 0 radical (unpaired) electrons. The summed E-state index contributed by atoms with van der Waals surface area (Å²) in [6.07, 6.45) is -3.35. The highest BCUT2D eigenvalue weighted by Gasteiger charge is 2.45. The van der Waals surface area contributed by atoms with Crippen molar-refractivity contribution in [2.75, 3.05) is 6.61 Å². The van der Waals surface area contributed by atoms with Gasteiger partial charge in [0.15, 0.2) is 17.7 Å². The topological polar surface area (TPSA) is 217 Å². The molecule has 0 saturated carbocycles. The predicted molar refractivity (Wildman–Crippen MR) is 138 cm³/mol. The monoisotopic (exact) mass is 573 g/mol. The molecule has 1 fully saturated rings. The zero-order chi connectivity index (χ0) is 29.7. The molecule has 14 heteroatoms. The number of carbonyl (C=O) groups excluding carboxylic acids is 1. The molecule has 14 nitrogen and oxygen atoms in total. The van der Waals surface area contributed by atoms with Crippen molar-refractivity contribution in [3.63, 3.8) is 0 Å². The van der Waals surface area contributed by atoms with Crippen molar-refractivity contribution in [2.24, 2.45) is 0 Å². The fourth-order valence-corrected chi connectivity index (χ4v) is 4.39. The first-order chi connectivity index (χ1) is 19.6. The van der Waals surface area contributed by atoms with Crippen molar-refractivity contribution >= 4 is 5.97 Å². The number of aromatic nitrogens is 3. The second-order valence-electron chi connectivity index (χ2n) is 9.44. The molecular weight excluding hydrogens is 542 g/mol. The van der Waals surface area contributed by atoms with Gasteiger partial charge in [-0.15, -0.1) is 11.7 Å². The highest BCUT2D eigenvalue weighted by molar-refractivity contribution is 5.93. The van der Waals surface area contributed by atoms with Gasteiger partial charge in [-0.05, 0) is 35.2 Å². The van der Waals surface area contributed by atoms with E-state index in [0.29, 0.717) is 17.7 Å². The standard InChI is InChI=1S/C27H31N3O11/c1-2-3-14-6-15(8-16(7-14)12-40-27(38)18-4-5-19(32)22(34)21(18)33)11-39-13-17-9-28-29-30(17)26-25(37)24(36)23(35)20(10-31)41-26/h2,4-9,20,23-26,31-37H,1,3,10-13H2. The summed E-state index contributed by atoms with van der Waals surface area (Å²) >= 11 is 0. The summed E-state index contributed by atoms with van der Waals surface area (Å²) in [4.78, 5) is 12.5. The molecule has 0 bridgehead atoms. The van der Waals surface area contributed by atoms with Crippen LogP contribution in [-0.2, 0) is 40.5 Å². The lowest BCUT2D eigenvalue weighted by Crippen LogP contribution is -2.56. The van der Waals surface area contributed by atoms with Gasteiger partial charge in [-0.3, -0.25) is 0 Å². The van der Waals surface area contributed by atoms with Gasteiger partial charge in [0.1, 0.15) is 36.6 Å². The Balaban J connectivity index is 1.42. The first kappa shape index (κ1) is 29.9. The number of carbonyl (C=O) groups is 1. The van der Waals surface area contributed by atoms with Crippen LogP contribution in [0.2, 0.25) is 0 Å². The van der Waals surface area contributed by atoms with Gasteiger partial charge < -0.3 is 50.0 Å². The van der Waals surface area contributed by atoms with E-state index < -0.39 is 60.5 Å². The normalized spacial score (nSPS) is 22.4. The maximum absolute atomic E-state index is 12.5. The first-order valence-electron chi connectivity index (χ1n) is 12.6. The number of hydrogen-bond donors (Lipinski definition) is 7. The molecule has 2 aromatic carbocycles. The number of allylic oxidation sites excluding steroid dienone is 1. The van der Waals surface area contributed by atoms with Crippen LogP contribution < -0.4 is 0 Å². The van der Waals surface area contributed by atoms with E-state index in [4.69, 9.17) is 14.2 Å². The predicted octanol–water partition coefficient (Wildman–Crippen LogP) is 0.170. The number of aliphatic hydroxyl groups is 4. The van der Waals surface area contributed by atoms with Crippen molar-refractivity contribution in [2.45, 2.75) is 56.9 Å². The maximum atomic E-state index is 12.5. The molecule has 0 aliphatic carbocycles. The average Bonchev–Trinajstić information content (AvgIpc) is 3.42. The van der Waals surface area contributed by atoms with E-state index >= 15 is 0 Å². The molecule has 3 aromatic rings. The van der Waals surface area contributed by atoms with Crippen LogP contribution in [0.4, 0.5) is 0 Å². The Kier molecular flexibility index (Phi) is 9.54. The van der Waals surface area contributed by atoms with Crippen LogP contribution in [0, 0.1) is 0 Å². The quantitative estimate of drug-likeness (QED) is 0.0926. The summed E-state index contributed by atoms with van der Waals surface area (Å²) in [6.45, 7) is 3.08. The number of rotatable bonds is 11. The second-order valence-corrected chi connectivity index (χ2v) is 9.44. The van der Waals surface area contributed by atoms with E-state index in [0.717, 1.165) is 23.3 Å². The molecule has 220 valence electrons. The summed E-state index contributed by atoms with van der Waals surface area (Å²) in [5.74, 6) is -3.09. The lowest BCUT2D eigenvalue weighted by molar-refractivity contribution is -0.255. The van der Waals surface area contributed by atoms with Gasteiger partial charge in [-0.25, -0.2) is 9.48 Å². The number of aromatic hydroxyl groups is 3. The van der Waals surface area contributed by atoms with Gasteiger partial charge in [0.25, 0.3) is 0 Å². The number of ether oxygens (including phenoxy) is 3. The number of phenolic OH excluding ortho intramolecular Hbond substituents is 3. The third-order valence-electron chi connectivity index (χ3n) is 6.49. The van der Waals surface area contributed by atoms with Gasteiger partial charge in [-0.1, -0.05) is 29.5 Å². The molecule has 4 rings (SSSR count). The fraction of sp³-hybridized carbons (Fsp3) is 0.370. The molecule has 1 aliphatic heterocycles. The molecular formula is C27H31N3O11. The van der Waals surface area contributed by atoms with Crippen LogP contribution in [0.15, 0.2) is 49.2 Å². The summed E-state index contributed by atoms with van der Waals surface area (Å²) < 4.78 is 17.9. The fourth-order valence-electron chi connectivity index (χ4n) is 4.39. The molecule has 0 spiro atoms. The van der Waals surface area contributed by atoms with Crippen molar-refractivity contribution in [3.05, 3.63) is 77.1 Å². The molecule has 1 aromatic heterocycles. The molecule has 5 unspecified atom stereocenters. The highest BCUT2D eigenvalue weighted by Crippen LogP contribution is 2.37. The van der Waals surface area contributed by atoms with Gasteiger partial charge >= 0.3 is 5.97 Å². The molecule has 7 N–H and O–H groups in total. The Morgan fingerprint density at radius 1 is 0.976 bits per heavy atom.